The van der Waals surface area contributed by atoms with Crippen LogP contribution in [0.2, 0.25) is 0 Å². The Bertz CT molecular complexity index is 388. The number of methoxy groups -OCH3 is 1. The highest BCUT2D eigenvalue weighted by Gasteiger charge is 2.01. The van der Waals surface area contributed by atoms with Crippen molar-refractivity contribution in [3.63, 3.8) is 0 Å². The van der Waals surface area contributed by atoms with E-state index in [1.54, 1.807) is 7.11 Å². The van der Waals surface area contributed by atoms with Crippen molar-refractivity contribution in [2.45, 2.75) is 25.8 Å². The van der Waals surface area contributed by atoms with Gasteiger partial charge in [0.1, 0.15) is 11.8 Å². The molecule has 4 heteroatoms. The highest BCUT2D eigenvalue weighted by Crippen LogP contribution is 2.17. The van der Waals surface area contributed by atoms with Crippen molar-refractivity contribution < 1.29 is 9.47 Å². The van der Waals surface area contributed by atoms with Crippen LogP contribution in [0.4, 0.5) is 0 Å². The van der Waals surface area contributed by atoms with Gasteiger partial charge in [0.25, 0.3) is 0 Å². The van der Waals surface area contributed by atoms with Gasteiger partial charge in [0.05, 0.1) is 0 Å². The number of ether oxygens (including phenoxy) is 2. The van der Waals surface area contributed by atoms with Gasteiger partial charge in [-0.25, -0.2) is 0 Å². The van der Waals surface area contributed by atoms with Gasteiger partial charge >= 0.3 is 0 Å². The topological polar surface area (TPSA) is 54.3 Å². The minimum atomic E-state index is 0.0913. The van der Waals surface area contributed by atoms with Crippen molar-refractivity contribution in [1.29, 1.82) is 5.26 Å². The Morgan fingerprint density at radius 1 is 1.21 bits per heavy atom. The van der Waals surface area contributed by atoms with Crippen LogP contribution in [0.3, 0.4) is 0 Å². The molecular formula is C15H22N2O2. The Morgan fingerprint density at radius 3 is 2.84 bits per heavy atom. The summed E-state index contributed by atoms with van der Waals surface area (Å²) in [6, 6.07) is 9.80. The third-order valence-corrected chi connectivity index (χ3v) is 2.78. The SMILES string of the molecule is COCCCCCNCc1ccccc1OCC#N. The Morgan fingerprint density at radius 2 is 2.05 bits per heavy atom. The molecule has 4 nitrogen and oxygen atoms in total. The van der Waals surface area contributed by atoms with E-state index in [-0.39, 0.29) is 6.61 Å². The van der Waals surface area contributed by atoms with Crippen LogP contribution < -0.4 is 10.1 Å². The molecule has 0 radical (unpaired) electrons. The second-order valence-corrected chi connectivity index (χ2v) is 4.28. The summed E-state index contributed by atoms with van der Waals surface area (Å²) in [5.41, 5.74) is 1.09. The van der Waals surface area contributed by atoms with Crippen molar-refractivity contribution in [2.24, 2.45) is 0 Å². The standard InChI is InChI=1S/C15H22N2O2/c1-18-11-6-2-5-10-17-13-14-7-3-4-8-15(14)19-12-9-16/h3-4,7-8,17H,2,5-6,10-13H2,1H3. The number of benzene rings is 1. The first kappa shape index (κ1) is 15.5. The number of nitrogens with zero attached hydrogens (tertiary/aromatic N) is 1. The fraction of sp³-hybridized carbons (Fsp3) is 0.533. The van der Waals surface area contributed by atoms with Crippen molar-refractivity contribution in [3.8, 4) is 11.8 Å². The minimum Gasteiger partial charge on any atom is -0.478 e. The molecule has 1 N–H and O–H groups in total. The summed E-state index contributed by atoms with van der Waals surface area (Å²) in [6.07, 6.45) is 3.43. The summed E-state index contributed by atoms with van der Waals surface area (Å²) >= 11 is 0. The quantitative estimate of drug-likeness (QED) is 0.658. The Balaban J connectivity index is 2.23. The molecule has 0 spiro atoms. The minimum absolute atomic E-state index is 0.0913. The van der Waals surface area contributed by atoms with Crippen LogP contribution in [0, 0.1) is 11.3 Å². The molecule has 0 heterocycles. The van der Waals surface area contributed by atoms with E-state index in [9.17, 15) is 0 Å². The van der Waals surface area contributed by atoms with Gasteiger partial charge in [-0.15, -0.1) is 0 Å². The average molecular weight is 262 g/mol. The molecule has 0 fully saturated rings. The molecule has 0 saturated carbocycles. The van der Waals surface area contributed by atoms with Crippen LogP contribution in [0.25, 0.3) is 0 Å². The molecule has 0 aliphatic rings. The van der Waals surface area contributed by atoms with Gasteiger partial charge in [0, 0.05) is 25.8 Å². The van der Waals surface area contributed by atoms with Crippen LogP contribution in [0.5, 0.6) is 5.75 Å². The molecule has 0 atom stereocenters. The molecule has 19 heavy (non-hydrogen) atoms. The first-order valence-corrected chi connectivity index (χ1v) is 6.65. The van der Waals surface area contributed by atoms with Gasteiger partial charge in [0.2, 0.25) is 0 Å². The van der Waals surface area contributed by atoms with Crippen molar-refractivity contribution in [2.75, 3.05) is 26.9 Å². The molecule has 104 valence electrons. The van der Waals surface area contributed by atoms with E-state index in [4.69, 9.17) is 14.7 Å². The largest absolute Gasteiger partial charge is 0.478 e. The highest BCUT2D eigenvalue weighted by atomic mass is 16.5. The van der Waals surface area contributed by atoms with Gasteiger partial charge in [-0.05, 0) is 31.9 Å². The van der Waals surface area contributed by atoms with E-state index in [2.05, 4.69) is 5.32 Å². The van der Waals surface area contributed by atoms with E-state index in [0.717, 1.165) is 43.9 Å². The Kier molecular flexibility index (Phi) is 8.45. The summed E-state index contributed by atoms with van der Waals surface area (Å²) in [6.45, 7) is 2.68. The fourth-order valence-electron chi connectivity index (χ4n) is 1.80. The Labute approximate surface area is 115 Å². The number of nitriles is 1. The lowest BCUT2D eigenvalue weighted by molar-refractivity contribution is 0.192. The zero-order valence-corrected chi connectivity index (χ0v) is 11.5. The lowest BCUT2D eigenvalue weighted by atomic mass is 10.2. The van der Waals surface area contributed by atoms with Crippen LogP contribution in [-0.4, -0.2) is 26.9 Å². The average Bonchev–Trinajstić information content (AvgIpc) is 2.45. The van der Waals surface area contributed by atoms with E-state index in [0.29, 0.717) is 0 Å². The normalized spacial score (nSPS) is 10.1. The fourth-order valence-corrected chi connectivity index (χ4v) is 1.80. The van der Waals surface area contributed by atoms with Gasteiger partial charge in [-0.1, -0.05) is 18.2 Å². The lowest BCUT2D eigenvalue weighted by Gasteiger charge is -2.10. The zero-order valence-electron chi connectivity index (χ0n) is 11.5. The summed E-state index contributed by atoms with van der Waals surface area (Å²) < 4.78 is 10.4. The first-order chi connectivity index (χ1) is 9.38. The second kappa shape index (κ2) is 10.4. The van der Waals surface area contributed by atoms with Crippen molar-refractivity contribution >= 4 is 0 Å². The molecule has 0 aliphatic carbocycles. The third kappa shape index (κ3) is 6.80. The molecule has 0 unspecified atom stereocenters. The van der Waals surface area contributed by atoms with Gasteiger partial charge in [0.15, 0.2) is 6.61 Å². The van der Waals surface area contributed by atoms with Crippen LogP contribution in [0.1, 0.15) is 24.8 Å². The maximum Gasteiger partial charge on any atom is 0.174 e. The van der Waals surface area contributed by atoms with Crippen molar-refractivity contribution in [3.05, 3.63) is 29.8 Å². The number of hydrogen-bond donors (Lipinski definition) is 1. The third-order valence-electron chi connectivity index (χ3n) is 2.78. The summed E-state index contributed by atoms with van der Waals surface area (Å²) in [4.78, 5) is 0. The summed E-state index contributed by atoms with van der Waals surface area (Å²) in [5.74, 6) is 0.788. The number of para-hydroxylation sites is 1. The van der Waals surface area contributed by atoms with Gasteiger partial charge in [-0.3, -0.25) is 0 Å². The van der Waals surface area contributed by atoms with Crippen LogP contribution >= 0.6 is 0 Å². The summed E-state index contributed by atoms with van der Waals surface area (Å²) in [5, 5.41) is 11.9. The first-order valence-electron chi connectivity index (χ1n) is 6.65. The molecule has 0 aromatic heterocycles. The predicted octanol–water partition coefficient (Wildman–Crippen LogP) is 2.50. The van der Waals surface area contributed by atoms with Crippen LogP contribution in [0.15, 0.2) is 24.3 Å². The predicted molar refractivity (Wildman–Crippen MR) is 75.0 cm³/mol. The van der Waals surface area contributed by atoms with E-state index in [1.165, 1.54) is 6.42 Å². The molecule has 1 aromatic carbocycles. The number of hydrogen-bond acceptors (Lipinski definition) is 4. The highest BCUT2D eigenvalue weighted by molar-refractivity contribution is 5.33. The lowest BCUT2D eigenvalue weighted by Crippen LogP contribution is -2.15. The monoisotopic (exact) mass is 262 g/mol. The number of nitrogens with one attached hydrogen (secondary N) is 1. The smallest absolute Gasteiger partial charge is 0.174 e. The van der Waals surface area contributed by atoms with E-state index >= 15 is 0 Å². The maximum atomic E-state index is 8.53. The number of unbranched alkanes of at least 4 members (excludes halogenated alkanes) is 2. The van der Waals surface area contributed by atoms with Crippen LogP contribution in [-0.2, 0) is 11.3 Å². The van der Waals surface area contributed by atoms with Gasteiger partial charge in [-0.2, -0.15) is 5.26 Å². The second-order valence-electron chi connectivity index (χ2n) is 4.28. The molecule has 1 aromatic rings. The van der Waals surface area contributed by atoms with E-state index < -0.39 is 0 Å². The zero-order chi connectivity index (χ0) is 13.8. The molecule has 0 aliphatic heterocycles. The number of rotatable bonds is 10. The van der Waals surface area contributed by atoms with Gasteiger partial charge < -0.3 is 14.8 Å². The Hall–Kier alpha value is -1.57. The van der Waals surface area contributed by atoms with E-state index in [1.807, 2.05) is 30.3 Å². The van der Waals surface area contributed by atoms with Crippen molar-refractivity contribution in [1.82, 2.24) is 5.32 Å². The maximum absolute atomic E-state index is 8.53. The molecule has 1 rings (SSSR count). The summed E-state index contributed by atoms with van der Waals surface area (Å²) in [7, 11) is 1.73. The molecule has 0 saturated heterocycles. The molecule has 0 amide bonds. The molecular weight excluding hydrogens is 240 g/mol. The molecule has 0 bridgehead atoms.